The van der Waals surface area contributed by atoms with Crippen molar-refractivity contribution in [1.82, 2.24) is 10.7 Å². The van der Waals surface area contributed by atoms with Crippen molar-refractivity contribution in [3.05, 3.63) is 58.1 Å². The van der Waals surface area contributed by atoms with E-state index in [1.165, 1.54) is 6.21 Å². The fourth-order valence-corrected chi connectivity index (χ4v) is 3.45. The van der Waals surface area contributed by atoms with Crippen molar-refractivity contribution < 1.29 is 28.6 Å². The molecule has 0 heterocycles. The molecule has 0 bridgehead atoms. The van der Waals surface area contributed by atoms with Crippen molar-refractivity contribution in [2.45, 2.75) is 26.3 Å². The summed E-state index contributed by atoms with van der Waals surface area (Å²) in [6.45, 7) is 3.79. The predicted octanol–water partition coefficient (Wildman–Crippen LogP) is 3.04. The van der Waals surface area contributed by atoms with E-state index >= 15 is 0 Å². The molecule has 3 amide bonds. The van der Waals surface area contributed by atoms with E-state index in [1.54, 1.807) is 26.0 Å². The number of nitrogens with one attached hydrogen (secondary N) is 2. The first-order valence-corrected chi connectivity index (χ1v) is 11.3. The van der Waals surface area contributed by atoms with Crippen LogP contribution >= 0.6 is 15.9 Å². The number of hydrogen-bond donors (Lipinski definition) is 3. The molecule has 0 aliphatic carbocycles. The van der Waals surface area contributed by atoms with Crippen LogP contribution in [0.2, 0.25) is 0 Å². The number of hydrazone groups is 1. The minimum absolute atomic E-state index is 0.0477. The zero-order chi connectivity index (χ0) is 24.9. The normalized spacial score (nSPS) is 11.5. The van der Waals surface area contributed by atoms with Crippen LogP contribution in [0.15, 0.2) is 52.0 Å². The predicted molar refractivity (Wildman–Crippen MR) is 130 cm³/mol. The molecular weight excluding hydrogens is 508 g/mol. The van der Waals surface area contributed by atoms with E-state index in [1.807, 2.05) is 30.3 Å². The summed E-state index contributed by atoms with van der Waals surface area (Å²) in [6.07, 6.45) is 0.771. The van der Waals surface area contributed by atoms with Gasteiger partial charge in [-0.15, -0.1) is 0 Å². The molecule has 0 fully saturated rings. The Bertz CT molecular complexity index is 1020. The van der Waals surface area contributed by atoms with Gasteiger partial charge in [-0.25, -0.2) is 10.2 Å². The molecule has 1 atom stereocenters. The van der Waals surface area contributed by atoms with Crippen LogP contribution in [0.3, 0.4) is 0 Å². The molecule has 0 saturated carbocycles. The topological polar surface area (TPSA) is 141 Å². The minimum atomic E-state index is -0.617. The summed E-state index contributed by atoms with van der Waals surface area (Å²) in [5, 5.41) is 6.68. The van der Waals surface area contributed by atoms with Gasteiger partial charge in [0.15, 0.2) is 18.1 Å². The van der Waals surface area contributed by atoms with Crippen molar-refractivity contribution in [1.29, 1.82) is 0 Å². The molecular formula is C23H27BrN4O6. The van der Waals surface area contributed by atoms with E-state index < -0.39 is 23.9 Å². The highest BCUT2D eigenvalue weighted by atomic mass is 79.9. The van der Waals surface area contributed by atoms with Crippen LogP contribution in [-0.2, 0) is 14.3 Å². The van der Waals surface area contributed by atoms with Gasteiger partial charge in [0.05, 0.1) is 36.4 Å². The number of primary amides is 1. The zero-order valence-electron chi connectivity index (χ0n) is 18.9. The van der Waals surface area contributed by atoms with Gasteiger partial charge < -0.3 is 25.3 Å². The number of rotatable bonds is 12. The highest BCUT2D eigenvalue weighted by Gasteiger charge is 2.19. The number of nitrogens with zero attached hydrogens (tertiary/aromatic N) is 1. The summed E-state index contributed by atoms with van der Waals surface area (Å²) in [6, 6.07) is 11.8. The Morgan fingerprint density at radius 3 is 2.50 bits per heavy atom. The first kappa shape index (κ1) is 26.7. The maximum Gasteiger partial charge on any atom is 0.407 e. The Hall–Kier alpha value is -3.60. The Labute approximate surface area is 206 Å². The lowest BCUT2D eigenvalue weighted by molar-refractivity contribution is -0.121. The molecule has 2 aromatic rings. The Morgan fingerprint density at radius 2 is 1.85 bits per heavy atom. The number of alkyl carbamates (subject to hydrolysis) is 1. The van der Waals surface area contributed by atoms with Gasteiger partial charge in [-0.3, -0.25) is 9.59 Å². The molecule has 4 N–H and O–H groups in total. The Morgan fingerprint density at radius 1 is 1.12 bits per heavy atom. The van der Waals surface area contributed by atoms with Crippen molar-refractivity contribution >= 4 is 40.1 Å². The van der Waals surface area contributed by atoms with Gasteiger partial charge in [0.1, 0.15) is 0 Å². The number of ether oxygens (including phenoxy) is 3. The van der Waals surface area contributed by atoms with Gasteiger partial charge in [-0.2, -0.15) is 5.10 Å². The maximum atomic E-state index is 12.5. The van der Waals surface area contributed by atoms with Gasteiger partial charge in [0.25, 0.3) is 5.91 Å². The maximum absolute atomic E-state index is 12.5. The number of benzene rings is 2. The molecule has 2 rings (SSSR count). The highest BCUT2D eigenvalue weighted by molar-refractivity contribution is 9.10. The van der Waals surface area contributed by atoms with E-state index in [2.05, 4.69) is 31.8 Å². The van der Waals surface area contributed by atoms with Crippen LogP contribution in [0.1, 0.15) is 37.4 Å². The standard InChI is InChI=1S/C23H27BrN4O6/c1-3-32-19-11-15(10-17(24)22(19)34-14-20(25)29)13-26-28-21(30)12-18(27-23(31)33-4-2)16-8-6-5-7-9-16/h5-11,13,18H,3-4,12,14H2,1-2H3,(H2,25,29)(H,27,31)(H,28,30)/b26-13-/t18-/m0/s1. The molecule has 34 heavy (non-hydrogen) atoms. The number of carbonyl (C=O) groups is 3. The molecule has 0 aromatic heterocycles. The van der Waals surface area contributed by atoms with Gasteiger partial charge in [-0.05, 0) is 53.0 Å². The number of hydrogen-bond acceptors (Lipinski definition) is 7. The third-order valence-electron chi connectivity index (χ3n) is 4.25. The molecule has 182 valence electrons. The van der Waals surface area contributed by atoms with E-state index in [0.717, 1.165) is 5.56 Å². The third kappa shape index (κ3) is 8.74. The van der Waals surface area contributed by atoms with Crippen molar-refractivity contribution in [3.8, 4) is 11.5 Å². The van der Waals surface area contributed by atoms with Gasteiger partial charge in [0.2, 0.25) is 5.91 Å². The number of amides is 3. The van der Waals surface area contributed by atoms with Crippen molar-refractivity contribution in [2.24, 2.45) is 10.8 Å². The fraction of sp³-hybridized carbons (Fsp3) is 0.304. The molecule has 0 spiro atoms. The molecule has 10 nitrogen and oxygen atoms in total. The number of halogens is 1. The third-order valence-corrected chi connectivity index (χ3v) is 4.84. The second kappa shape index (κ2) is 13.8. The van der Waals surface area contributed by atoms with Crippen LogP contribution in [0.5, 0.6) is 11.5 Å². The SMILES string of the molecule is CCOC(=O)N[C@@H](CC(=O)N/N=C\c1cc(Br)c(OCC(N)=O)c(OCC)c1)c1ccccc1. The second-order valence-corrected chi connectivity index (χ2v) is 7.70. The Balaban J connectivity index is 2.08. The van der Waals surface area contributed by atoms with Crippen LogP contribution in [-0.4, -0.2) is 43.9 Å². The first-order valence-electron chi connectivity index (χ1n) is 10.5. The number of nitrogens with two attached hydrogens (primary N) is 1. The zero-order valence-corrected chi connectivity index (χ0v) is 20.5. The molecule has 0 saturated heterocycles. The van der Waals surface area contributed by atoms with E-state index in [-0.39, 0.29) is 19.6 Å². The van der Waals surface area contributed by atoms with E-state index in [0.29, 0.717) is 28.1 Å². The van der Waals surface area contributed by atoms with Crippen LogP contribution in [0, 0.1) is 0 Å². The summed E-state index contributed by atoms with van der Waals surface area (Å²) < 4.78 is 16.4. The molecule has 0 unspecified atom stereocenters. The average molecular weight is 535 g/mol. The van der Waals surface area contributed by atoms with E-state index in [4.69, 9.17) is 19.9 Å². The lowest BCUT2D eigenvalue weighted by atomic mass is 10.0. The summed E-state index contributed by atoms with van der Waals surface area (Å²) in [5.41, 5.74) is 8.95. The lowest BCUT2D eigenvalue weighted by Crippen LogP contribution is -2.33. The Kier molecular flexibility index (Phi) is 10.8. The second-order valence-electron chi connectivity index (χ2n) is 6.84. The monoisotopic (exact) mass is 534 g/mol. The first-order chi connectivity index (χ1) is 16.3. The van der Waals surface area contributed by atoms with Gasteiger partial charge >= 0.3 is 6.09 Å². The molecule has 2 aromatic carbocycles. The van der Waals surface area contributed by atoms with Crippen LogP contribution < -0.4 is 25.9 Å². The van der Waals surface area contributed by atoms with Gasteiger partial charge in [0, 0.05) is 0 Å². The summed E-state index contributed by atoms with van der Waals surface area (Å²) in [5.74, 6) is -0.312. The summed E-state index contributed by atoms with van der Waals surface area (Å²) in [4.78, 5) is 35.4. The highest BCUT2D eigenvalue weighted by Crippen LogP contribution is 2.36. The minimum Gasteiger partial charge on any atom is -0.490 e. The summed E-state index contributed by atoms with van der Waals surface area (Å²) in [7, 11) is 0. The van der Waals surface area contributed by atoms with E-state index in [9.17, 15) is 14.4 Å². The lowest BCUT2D eigenvalue weighted by Gasteiger charge is -2.18. The number of carbonyl (C=O) groups excluding carboxylic acids is 3. The van der Waals surface area contributed by atoms with Crippen LogP contribution in [0.4, 0.5) is 4.79 Å². The molecule has 0 aliphatic heterocycles. The average Bonchev–Trinajstić information content (AvgIpc) is 2.79. The summed E-state index contributed by atoms with van der Waals surface area (Å²) >= 11 is 3.37. The van der Waals surface area contributed by atoms with Crippen molar-refractivity contribution in [2.75, 3.05) is 19.8 Å². The van der Waals surface area contributed by atoms with Crippen molar-refractivity contribution in [3.63, 3.8) is 0 Å². The quantitative estimate of drug-likeness (QED) is 0.282. The fourth-order valence-electron chi connectivity index (χ4n) is 2.87. The van der Waals surface area contributed by atoms with Gasteiger partial charge in [-0.1, -0.05) is 30.3 Å². The van der Waals surface area contributed by atoms with Crippen LogP contribution in [0.25, 0.3) is 0 Å². The molecule has 0 radical (unpaired) electrons. The largest absolute Gasteiger partial charge is 0.490 e. The molecule has 11 heteroatoms. The smallest absolute Gasteiger partial charge is 0.407 e. The molecule has 0 aliphatic rings.